The number of nitrogens with zero attached hydrogens (tertiary/aromatic N) is 1. The highest BCUT2D eigenvalue weighted by Gasteiger charge is 2.02. The van der Waals surface area contributed by atoms with Gasteiger partial charge in [0.2, 0.25) is 6.20 Å². The van der Waals surface area contributed by atoms with Crippen LogP contribution in [0.4, 0.5) is 0 Å². The topological polar surface area (TPSA) is 33.3 Å². The minimum absolute atomic E-state index is 0. The van der Waals surface area contributed by atoms with Crippen molar-refractivity contribution in [1.29, 1.82) is 0 Å². The SMILES string of the molecule is CCCCCCCCCCCCCCOc1ccc[n+](CCO)c1.[Br-]. The number of hydrogen-bond acceptors (Lipinski definition) is 2. The summed E-state index contributed by atoms with van der Waals surface area (Å²) in [6, 6.07) is 3.95. The summed E-state index contributed by atoms with van der Waals surface area (Å²) in [6.07, 6.45) is 20.3. The number of ether oxygens (including phenoxy) is 1. The molecule has 1 aromatic rings. The molecule has 1 aromatic heterocycles. The Morgan fingerprint density at radius 1 is 0.880 bits per heavy atom. The summed E-state index contributed by atoms with van der Waals surface area (Å²) in [5.74, 6) is 0.897. The smallest absolute Gasteiger partial charge is 0.211 e. The summed E-state index contributed by atoms with van der Waals surface area (Å²) in [6.45, 7) is 3.85. The minimum Gasteiger partial charge on any atom is -1.00 e. The molecule has 0 unspecified atom stereocenters. The summed E-state index contributed by atoms with van der Waals surface area (Å²) in [7, 11) is 0. The van der Waals surface area contributed by atoms with Crippen LogP contribution in [0.5, 0.6) is 5.75 Å². The number of unbranched alkanes of at least 4 members (excludes halogenated alkanes) is 11. The highest BCUT2D eigenvalue weighted by atomic mass is 79.9. The van der Waals surface area contributed by atoms with Crippen molar-refractivity contribution in [3.63, 3.8) is 0 Å². The molecule has 0 saturated heterocycles. The van der Waals surface area contributed by atoms with E-state index in [0.717, 1.165) is 18.8 Å². The lowest BCUT2D eigenvalue weighted by Crippen LogP contribution is -3.00. The molecule has 0 bridgehead atoms. The first kappa shape index (κ1) is 24.4. The van der Waals surface area contributed by atoms with E-state index in [9.17, 15) is 0 Å². The number of rotatable bonds is 16. The van der Waals surface area contributed by atoms with E-state index < -0.39 is 0 Å². The largest absolute Gasteiger partial charge is 1.00 e. The normalized spacial score (nSPS) is 10.5. The van der Waals surface area contributed by atoms with E-state index in [-0.39, 0.29) is 23.6 Å². The van der Waals surface area contributed by atoms with Crippen LogP contribution < -0.4 is 26.3 Å². The van der Waals surface area contributed by atoms with E-state index in [1.54, 1.807) is 0 Å². The predicted octanol–water partition coefficient (Wildman–Crippen LogP) is 2.05. The molecule has 0 amide bonds. The Morgan fingerprint density at radius 3 is 2.00 bits per heavy atom. The predicted molar refractivity (Wildman–Crippen MR) is 100 cm³/mol. The zero-order valence-electron chi connectivity index (χ0n) is 16.1. The quantitative estimate of drug-likeness (QED) is 0.331. The van der Waals surface area contributed by atoms with Crippen molar-refractivity contribution < 1.29 is 31.4 Å². The number of aliphatic hydroxyl groups is 1. The van der Waals surface area contributed by atoms with E-state index in [4.69, 9.17) is 9.84 Å². The summed E-state index contributed by atoms with van der Waals surface area (Å²) >= 11 is 0. The van der Waals surface area contributed by atoms with Crippen molar-refractivity contribution in [3.8, 4) is 5.75 Å². The zero-order valence-corrected chi connectivity index (χ0v) is 17.7. The molecular weight excluding hydrogens is 378 g/mol. The second kappa shape index (κ2) is 18.2. The maximum Gasteiger partial charge on any atom is 0.211 e. The molecule has 1 heterocycles. The van der Waals surface area contributed by atoms with Crippen LogP contribution in [0.1, 0.15) is 84.0 Å². The molecule has 0 fully saturated rings. The van der Waals surface area contributed by atoms with E-state index in [0.29, 0.717) is 6.54 Å². The van der Waals surface area contributed by atoms with Crippen LogP contribution in [0, 0.1) is 0 Å². The molecule has 0 aliphatic rings. The molecule has 0 saturated carbocycles. The third-order valence-corrected chi connectivity index (χ3v) is 4.46. The average molecular weight is 416 g/mol. The van der Waals surface area contributed by atoms with Gasteiger partial charge in [0, 0.05) is 6.07 Å². The van der Waals surface area contributed by atoms with Crippen LogP contribution in [0.25, 0.3) is 0 Å². The molecule has 25 heavy (non-hydrogen) atoms. The molecule has 3 nitrogen and oxygen atoms in total. The standard InChI is InChI=1S/C21H38NO2.BrH/c1-2-3-4-5-6-7-8-9-10-11-12-13-19-24-21-15-14-16-22(20-21)17-18-23;/h14-16,20,23H,2-13,17-19H2,1H3;1H/q+1;/p-1. The van der Waals surface area contributed by atoms with Gasteiger partial charge in [0.1, 0.15) is 6.61 Å². The second-order valence-corrected chi connectivity index (χ2v) is 6.74. The van der Waals surface area contributed by atoms with Crippen LogP contribution in [0.3, 0.4) is 0 Å². The van der Waals surface area contributed by atoms with Crippen LogP contribution in [0.15, 0.2) is 24.5 Å². The summed E-state index contributed by atoms with van der Waals surface area (Å²) in [5, 5.41) is 8.95. The highest BCUT2D eigenvalue weighted by Crippen LogP contribution is 2.12. The van der Waals surface area contributed by atoms with Crippen molar-refractivity contribution in [2.24, 2.45) is 0 Å². The first-order valence-corrected chi connectivity index (χ1v) is 10.1. The molecule has 0 spiro atoms. The number of pyridine rings is 1. The lowest BCUT2D eigenvalue weighted by atomic mass is 10.1. The third-order valence-electron chi connectivity index (χ3n) is 4.46. The average Bonchev–Trinajstić information content (AvgIpc) is 2.60. The Morgan fingerprint density at radius 2 is 1.44 bits per heavy atom. The van der Waals surface area contributed by atoms with Gasteiger partial charge < -0.3 is 26.8 Å². The van der Waals surface area contributed by atoms with Gasteiger partial charge in [0.05, 0.1) is 6.61 Å². The number of aromatic nitrogens is 1. The Kier molecular flexibility index (Phi) is 17.7. The van der Waals surface area contributed by atoms with Crippen LogP contribution in [-0.4, -0.2) is 18.3 Å². The highest BCUT2D eigenvalue weighted by molar-refractivity contribution is 5.12. The van der Waals surface area contributed by atoms with E-state index >= 15 is 0 Å². The lowest BCUT2D eigenvalue weighted by Gasteiger charge is -2.05. The lowest BCUT2D eigenvalue weighted by molar-refractivity contribution is -0.698. The van der Waals surface area contributed by atoms with Crippen molar-refractivity contribution in [2.75, 3.05) is 13.2 Å². The van der Waals surface area contributed by atoms with Gasteiger partial charge in [-0.1, -0.05) is 77.6 Å². The fraction of sp³-hybridized carbons (Fsp3) is 0.762. The van der Waals surface area contributed by atoms with Crippen molar-refractivity contribution in [3.05, 3.63) is 24.5 Å². The molecule has 4 heteroatoms. The van der Waals surface area contributed by atoms with Gasteiger partial charge in [0.15, 0.2) is 18.5 Å². The van der Waals surface area contributed by atoms with Crippen molar-refractivity contribution in [2.45, 2.75) is 90.5 Å². The van der Waals surface area contributed by atoms with Gasteiger partial charge >= 0.3 is 0 Å². The molecule has 0 aliphatic carbocycles. The van der Waals surface area contributed by atoms with Crippen molar-refractivity contribution in [1.82, 2.24) is 0 Å². The fourth-order valence-corrected chi connectivity index (χ4v) is 2.97. The summed E-state index contributed by atoms with van der Waals surface area (Å²) in [5.41, 5.74) is 0. The number of aliphatic hydroxyl groups excluding tert-OH is 1. The Labute approximate surface area is 165 Å². The first-order valence-electron chi connectivity index (χ1n) is 10.1. The molecule has 1 rings (SSSR count). The fourth-order valence-electron chi connectivity index (χ4n) is 2.97. The maximum absolute atomic E-state index is 8.95. The van der Waals surface area contributed by atoms with E-state index in [1.807, 2.05) is 29.1 Å². The van der Waals surface area contributed by atoms with Gasteiger partial charge in [-0.2, -0.15) is 4.57 Å². The summed E-state index contributed by atoms with van der Waals surface area (Å²) in [4.78, 5) is 0. The first-order chi connectivity index (χ1) is 11.9. The van der Waals surface area contributed by atoms with Crippen LogP contribution in [-0.2, 0) is 6.54 Å². The molecule has 1 N–H and O–H groups in total. The zero-order chi connectivity index (χ0) is 17.3. The molecular formula is C21H38BrNO2. The van der Waals surface area contributed by atoms with Crippen LogP contribution >= 0.6 is 0 Å². The Balaban J connectivity index is 0.00000576. The van der Waals surface area contributed by atoms with Gasteiger partial charge in [-0.3, -0.25) is 0 Å². The molecule has 146 valence electrons. The molecule has 0 aliphatic heterocycles. The van der Waals surface area contributed by atoms with Crippen molar-refractivity contribution >= 4 is 0 Å². The minimum atomic E-state index is 0. The molecule has 0 atom stereocenters. The van der Waals surface area contributed by atoms with Gasteiger partial charge in [-0.25, -0.2) is 0 Å². The molecule has 0 radical (unpaired) electrons. The number of hydrogen-bond donors (Lipinski definition) is 1. The second-order valence-electron chi connectivity index (χ2n) is 6.74. The van der Waals surface area contributed by atoms with E-state index in [1.165, 1.54) is 70.6 Å². The molecule has 0 aromatic carbocycles. The van der Waals surface area contributed by atoms with Gasteiger partial charge in [-0.15, -0.1) is 0 Å². The summed E-state index contributed by atoms with van der Waals surface area (Å²) < 4.78 is 7.74. The Bertz CT molecular complexity index is 401. The third kappa shape index (κ3) is 14.3. The Hall–Kier alpha value is -0.610. The number of halogens is 1. The van der Waals surface area contributed by atoms with Gasteiger partial charge in [0.25, 0.3) is 0 Å². The van der Waals surface area contributed by atoms with Gasteiger partial charge in [-0.05, 0) is 12.5 Å². The van der Waals surface area contributed by atoms with Crippen LogP contribution in [0.2, 0.25) is 0 Å². The monoisotopic (exact) mass is 415 g/mol. The van der Waals surface area contributed by atoms with E-state index in [2.05, 4.69) is 6.92 Å². The maximum atomic E-state index is 8.95.